The Balaban J connectivity index is 1.88. The molecule has 0 heterocycles. The lowest BCUT2D eigenvalue weighted by atomic mass is 9.83. The van der Waals surface area contributed by atoms with E-state index in [0.717, 1.165) is 47.7 Å². The average Bonchev–Trinajstić information content (AvgIpc) is 2.65. The van der Waals surface area contributed by atoms with Crippen LogP contribution in [0.1, 0.15) is 56.9 Å². The molecule has 1 saturated carbocycles. The molecule has 2 atom stereocenters. The molecule has 1 aromatic carbocycles. The summed E-state index contributed by atoms with van der Waals surface area (Å²) in [7, 11) is -3.49. The fraction of sp³-hybridized carbons (Fsp3) is 0.476. The molecule has 7 heteroatoms. The van der Waals surface area contributed by atoms with Gasteiger partial charge >= 0.3 is 5.97 Å². The van der Waals surface area contributed by atoms with E-state index in [4.69, 9.17) is 5.11 Å². The van der Waals surface area contributed by atoms with Gasteiger partial charge in [0.1, 0.15) is 0 Å². The van der Waals surface area contributed by atoms with Gasteiger partial charge in [-0.15, -0.1) is 0 Å². The average molecular weight is 517 g/mol. The lowest BCUT2D eigenvalue weighted by Crippen LogP contribution is -2.41. The Bertz CT molecular complexity index is 787. The minimum Gasteiger partial charge on any atom is -0.481 e. The van der Waals surface area contributed by atoms with Crippen molar-refractivity contribution in [2.45, 2.75) is 57.4 Å². The molecule has 0 saturated heterocycles. The summed E-state index contributed by atoms with van der Waals surface area (Å²) in [6.45, 7) is 0. The van der Waals surface area contributed by atoms with Crippen LogP contribution < -0.4 is 4.72 Å². The number of hydrogen-bond donors (Lipinski definition) is 2. The SMILES string of the molecule is O=C(O)CCC/C=C/CC1CCCCC1NS(=O)(=O)/C=C/c1ccc(I)cc1. The standard InChI is InChI=1S/C21H28INO4S/c22-19-13-11-17(12-14-19)15-16-28(26,27)23-20-9-6-5-8-18(20)7-3-1-2-4-10-21(24)25/h1,3,11-16,18,20,23H,2,4-10H2,(H,24,25)/b3-1+,16-15+. The predicted molar refractivity (Wildman–Crippen MR) is 121 cm³/mol. The minimum absolute atomic E-state index is 0.0520. The number of nitrogens with one attached hydrogen (secondary N) is 1. The van der Waals surface area contributed by atoms with E-state index in [1.165, 1.54) is 5.41 Å². The molecular weight excluding hydrogens is 489 g/mol. The highest BCUT2D eigenvalue weighted by Gasteiger charge is 2.27. The van der Waals surface area contributed by atoms with Crippen molar-refractivity contribution in [2.24, 2.45) is 5.92 Å². The van der Waals surface area contributed by atoms with Crippen molar-refractivity contribution in [3.05, 3.63) is 51.0 Å². The van der Waals surface area contributed by atoms with Gasteiger partial charge in [-0.3, -0.25) is 4.79 Å². The number of carbonyl (C=O) groups is 1. The van der Waals surface area contributed by atoms with E-state index >= 15 is 0 Å². The lowest BCUT2D eigenvalue weighted by molar-refractivity contribution is -0.137. The van der Waals surface area contributed by atoms with Gasteiger partial charge in [-0.1, -0.05) is 37.1 Å². The monoisotopic (exact) mass is 517 g/mol. The second kappa shape index (κ2) is 11.7. The summed E-state index contributed by atoms with van der Waals surface area (Å²) in [6, 6.07) is 7.63. The fourth-order valence-electron chi connectivity index (χ4n) is 3.40. The molecule has 0 amide bonds. The number of sulfonamides is 1. The van der Waals surface area contributed by atoms with E-state index in [0.29, 0.717) is 6.42 Å². The number of allylic oxidation sites excluding steroid dienone is 2. The maximum absolute atomic E-state index is 12.5. The molecule has 154 valence electrons. The maximum atomic E-state index is 12.5. The van der Waals surface area contributed by atoms with Gasteiger partial charge < -0.3 is 5.11 Å². The van der Waals surface area contributed by atoms with Crippen molar-refractivity contribution in [2.75, 3.05) is 0 Å². The van der Waals surface area contributed by atoms with E-state index in [-0.39, 0.29) is 18.4 Å². The number of carboxylic acid groups (broad SMARTS) is 1. The molecule has 0 spiro atoms. The number of unbranched alkanes of at least 4 members (excludes halogenated alkanes) is 1. The molecular formula is C21H28INO4S. The van der Waals surface area contributed by atoms with Gasteiger partial charge in [-0.05, 0) is 84.4 Å². The maximum Gasteiger partial charge on any atom is 0.303 e. The van der Waals surface area contributed by atoms with Crippen molar-refractivity contribution < 1.29 is 18.3 Å². The summed E-state index contributed by atoms with van der Waals surface area (Å²) in [4.78, 5) is 10.5. The number of carboxylic acids is 1. The van der Waals surface area contributed by atoms with Crippen LogP contribution in [0.15, 0.2) is 41.8 Å². The molecule has 0 bridgehead atoms. The molecule has 2 rings (SSSR count). The van der Waals surface area contributed by atoms with Gasteiger partial charge in [-0.25, -0.2) is 13.1 Å². The highest BCUT2D eigenvalue weighted by atomic mass is 127. The highest BCUT2D eigenvalue weighted by Crippen LogP contribution is 2.28. The fourth-order valence-corrected chi connectivity index (χ4v) is 4.90. The zero-order chi connectivity index (χ0) is 20.4. The first kappa shape index (κ1) is 23.1. The van der Waals surface area contributed by atoms with E-state index < -0.39 is 16.0 Å². The number of rotatable bonds is 10. The molecule has 1 fully saturated rings. The third-order valence-corrected chi connectivity index (χ3v) is 6.75. The summed E-state index contributed by atoms with van der Waals surface area (Å²) in [5.74, 6) is -0.487. The Hall–Kier alpha value is -1.19. The molecule has 1 aliphatic rings. The normalized spacial score (nSPS) is 20.8. The molecule has 1 aliphatic carbocycles. The smallest absolute Gasteiger partial charge is 0.303 e. The molecule has 1 aromatic rings. The zero-order valence-electron chi connectivity index (χ0n) is 15.9. The molecule has 28 heavy (non-hydrogen) atoms. The third-order valence-electron chi connectivity index (χ3n) is 4.90. The predicted octanol–water partition coefficient (Wildman–Crippen LogP) is 4.94. The minimum atomic E-state index is -3.49. The Labute approximate surface area is 181 Å². The summed E-state index contributed by atoms with van der Waals surface area (Å²) in [5.41, 5.74) is 0.857. The Morgan fingerprint density at radius 3 is 2.61 bits per heavy atom. The zero-order valence-corrected chi connectivity index (χ0v) is 18.9. The lowest BCUT2D eigenvalue weighted by Gasteiger charge is -2.31. The van der Waals surface area contributed by atoms with Crippen LogP contribution in [0.2, 0.25) is 0 Å². The quantitative estimate of drug-likeness (QED) is 0.262. The molecule has 0 radical (unpaired) electrons. The van der Waals surface area contributed by atoms with E-state index in [1.807, 2.05) is 30.3 Å². The second-order valence-electron chi connectivity index (χ2n) is 7.16. The number of hydrogen-bond acceptors (Lipinski definition) is 3. The molecule has 2 N–H and O–H groups in total. The molecule has 0 aromatic heterocycles. The molecule has 2 unspecified atom stereocenters. The Morgan fingerprint density at radius 2 is 1.89 bits per heavy atom. The van der Waals surface area contributed by atoms with Crippen molar-refractivity contribution >= 4 is 44.7 Å². The van der Waals surface area contributed by atoms with Crippen LogP contribution >= 0.6 is 22.6 Å². The van der Waals surface area contributed by atoms with Gasteiger partial charge in [0.2, 0.25) is 10.0 Å². The van der Waals surface area contributed by atoms with Crippen LogP contribution in [0.25, 0.3) is 6.08 Å². The van der Waals surface area contributed by atoms with Crippen molar-refractivity contribution in [3.63, 3.8) is 0 Å². The molecule has 0 aliphatic heterocycles. The molecule has 5 nitrogen and oxygen atoms in total. The van der Waals surface area contributed by atoms with Gasteiger partial charge in [0, 0.05) is 21.4 Å². The van der Waals surface area contributed by atoms with Crippen molar-refractivity contribution in [1.82, 2.24) is 4.72 Å². The van der Waals surface area contributed by atoms with E-state index in [1.54, 1.807) is 6.08 Å². The van der Waals surface area contributed by atoms with Crippen molar-refractivity contribution in [1.29, 1.82) is 0 Å². The van der Waals surface area contributed by atoms with Crippen LogP contribution in [-0.4, -0.2) is 25.5 Å². The first-order valence-corrected chi connectivity index (χ1v) is 12.3. The number of halogens is 1. The van der Waals surface area contributed by atoms with Crippen LogP contribution in [0.3, 0.4) is 0 Å². The third kappa shape index (κ3) is 8.87. The summed E-state index contributed by atoms with van der Waals surface area (Å²) in [6.07, 6.45) is 12.1. The number of aliphatic carboxylic acids is 1. The summed E-state index contributed by atoms with van der Waals surface area (Å²) < 4.78 is 29.0. The van der Waals surface area contributed by atoms with Gasteiger partial charge in [0.25, 0.3) is 0 Å². The topological polar surface area (TPSA) is 83.5 Å². The first-order chi connectivity index (χ1) is 13.4. The van der Waals surface area contributed by atoms with Crippen LogP contribution in [0.5, 0.6) is 0 Å². The second-order valence-corrected chi connectivity index (χ2v) is 10.0. The van der Waals surface area contributed by atoms with Gasteiger partial charge in [-0.2, -0.15) is 0 Å². The van der Waals surface area contributed by atoms with Crippen LogP contribution in [0, 0.1) is 9.49 Å². The van der Waals surface area contributed by atoms with E-state index in [2.05, 4.69) is 33.4 Å². The highest BCUT2D eigenvalue weighted by molar-refractivity contribution is 14.1. The Kier molecular flexibility index (Phi) is 9.67. The number of benzene rings is 1. The largest absolute Gasteiger partial charge is 0.481 e. The Morgan fingerprint density at radius 1 is 1.18 bits per heavy atom. The van der Waals surface area contributed by atoms with Crippen LogP contribution in [-0.2, 0) is 14.8 Å². The summed E-state index contributed by atoms with van der Waals surface area (Å²) in [5, 5.41) is 9.90. The van der Waals surface area contributed by atoms with Crippen LogP contribution in [0.4, 0.5) is 0 Å². The first-order valence-electron chi connectivity index (χ1n) is 9.68. The summed E-state index contributed by atoms with van der Waals surface area (Å²) >= 11 is 2.21. The van der Waals surface area contributed by atoms with Crippen molar-refractivity contribution in [3.8, 4) is 0 Å². The van der Waals surface area contributed by atoms with Gasteiger partial charge in [0.15, 0.2) is 0 Å². The van der Waals surface area contributed by atoms with E-state index in [9.17, 15) is 13.2 Å². The van der Waals surface area contributed by atoms with Gasteiger partial charge in [0.05, 0.1) is 0 Å².